The smallest absolute Gasteiger partial charge is 0.180 e. The second kappa shape index (κ2) is 6.03. The van der Waals surface area contributed by atoms with E-state index in [0.29, 0.717) is 5.90 Å². The van der Waals surface area contributed by atoms with Gasteiger partial charge in [-0.3, -0.25) is 5.41 Å². The van der Waals surface area contributed by atoms with Gasteiger partial charge in [0.25, 0.3) is 0 Å². The zero-order valence-electron chi connectivity index (χ0n) is 12.3. The molecule has 0 aliphatic rings. The minimum Gasteiger partial charge on any atom is -0.484 e. The van der Waals surface area contributed by atoms with E-state index in [1.807, 2.05) is 0 Å². The number of hydrogen-bond donors (Lipinski definition) is 1. The van der Waals surface area contributed by atoms with Crippen LogP contribution in [0.4, 0.5) is 0 Å². The Kier molecular flexibility index (Phi) is 4.94. The molecular weight excluding hydrogens is 222 g/mol. The van der Waals surface area contributed by atoms with Gasteiger partial charge in [-0.1, -0.05) is 39.0 Å². The lowest BCUT2D eigenvalue weighted by molar-refractivity contribution is 0.384. The summed E-state index contributed by atoms with van der Waals surface area (Å²) in [5.41, 5.74) is 4.33. The van der Waals surface area contributed by atoms with Crippen LogP contribution < -0.4 is 0 Å². The normalized spacial score (nSPS) is 11.4. The zero-order chi connectivity index (χ0) is 13.8. The van der Waals surface area contributed by atoms with Crippen molar-refractivity contribution in [3.8, 4) is 0 Å². The van der Waals surface area contributed by atoms with Crippen molar-refractivity contribution in [2.75, 3.05) is 7.11 Å². The minimum absolute atomic E-state index is 0.210. The highest BCUT2D eigenvalue weighted by Gasteiger charge is 2.14. The third-order valence-electron chi connectivity index (χ3n) is 3.30. The molecule has 0 heterocycles. The highest BCUT2D eigenvalue weighted by atomic mass is 16.5. The Hall–Kier alpha value is -1.31. The van der Waals surface area contributed by atoms with Crippen LogP contribution in [-0.2, 0) is 16.6 Å². The SMILES string of the molecule is COC(=N)CCCc1ccc(C(C)(C)C)cc1C. The van der Waals surface area contributed by atoms with E-state index in [0.717, 1.165) is 19.3 Å². The van der Waals surface area contributed by atoms with Crippen molar-refractivity contribution in [1.82, 2.24) is 0 Å². The third-order valence-corrected chi connectivity index (χ3v) is 3.30. The van der Waals surface area contributed by atoms with Crippen molar-refractivity contribution in [1.29, 1.82) is 5.41 Å². The predicted octanol–water partition coefficient (Wildman–Crippen LogP) is 4.24. The van der Waals surface area contributed by atoms with E-state index < -0.39 is 0 Å². The maximum absolute atomic E-state index is 7.45. The Morgan fingerprint density at radius 2 is 1.94 bits per heavy atom. The van der Waals surface area contributed by atoms with Gasteiger partial charge in [-0.15, -0.1) is 0 Å². The summed E-state index contributed by atoms with van der Waals surface area (Å²) in [6, 6.07) is 6.74. The Balaban J connectivity index is 2.66. The largest absolute Gasteiger partial charge is 0.484 e. The van der Waals surface area contributed by atoms with Gasteiger partial charge in [-0.2, -0.15) is 0 Å². The molecule has 0 atom stereocenters. The van der Waals surface area contributed by atoms with Crippen LogP contribution in [0, 0.1) is 12.3 Å². The van der Waals surface area contributed by atoms with Crippen molar-refractivity contribution in [3.63, 3.8) is 0 Å². The molecule has 0 unspecified atom stereocenters. The van der Waals surface area contributed by atoms with Gasteiger partial charge in [0, 0.05) is 6.42 Å². The molecule has 1 aromatic rings. The van der Waals surface area contributed by atoms with Gasteiger partial charge in [0.15, 0.2) is 5.90 Å². The van der Waals surface area contributed by atoms with Gasteiger partial charge in [0.05, 0.1) is 7.11 Å². The standard InChI is InChI=1S/C16H25NO/c1-12-11-14(16(2,3)4)10-9-13(12)7-6-8-15(17)18-5/h9-11,17H,6-8H2,1-5H3. The number of nitrogens with one attached hydrogen (secondary N) is 1. The fourth-order valence-corrected chi connectivity index (χ4v) is 1.98. The van der Waals surface area contributed by atoms with Crippen LogP contribution in [-0.4, -0.2) is 13.0 Å². The summed E-state index contributed by atoms with van der Waals surface area (Å²) in [6.07, 6.45) is 2.71. The van der Waals surface area contributed by atoms with Gasteiger partial charge in [-0.25, -0.2) is 0 Å². The zero-order valence-corrected chi connectivity index (χ0v) is 12.3. The molecule has 0 radical (unpaired) electrons. The molecule has 18 heavy (non-hydrogen) atoms. The van der Waals surface area contributed by atoms with E-state index in [2.05, 4.69) is 45.9 Å². The second-order valence-corrected chi connectivity index (χ2v) is 5.87. The molecule has 2 nitrogen and oxygen atoms in total. The molecular formula is C16H25NO. The number of ether oxygens (including phenoxy) is 1. The van der Waals surface area contributed by atoms with Crippen molar-refractivity contribution >= 4 is 5.90 Å². The molecule has 0 spiro atoms. The molecule has 2 heteroatoms. The van der Waals surface area contributed by atoms with Gasteiger partial charge < -0.3 is 4.74 Å². The monoisotopic (exact) mass is 247 g/mol. The Morgan fingerprint density at radius 3 is 2.44 bits per heavy atom. The highest BCUT2D eigenvalue weighted by Crippen LogP contribution is 2.24. The first-order chi connectivity index (χ1) is 8.34. The Morgan fingerprint density at radius 1 is 1.28 bits per heavy atom. The average molecular weight is 247 g/mol. The molecule has 0 saturated heterocycles. The molecule has 0 amide bonds. The molecule has 1 N–H and O–H groups in total. The quantitative estimate of drug-likeness (QED) is 0.626. The summed E-state index contributed by atoms with van der Waals surface area (Å²) in [4.78, 5) is 0. The number of aryl methyl sites for hydroxylation is 2. The average Bonchev–Trinajstić information content (AvgIpc) is 2.29. The molecule has 100 valence electrons. The molecule has 1 rings (SSSR count). The topological polar surface area (TPSA) is 33.1 Å². The van der Waals surface area contributed by atoms with Crippen molar-refractivity contribution in [2.24, 2.45) is 0 Å². The summed E-state index contributed by atoms with van der Waals surface area (Å²) < 4.78 is 4.87. The third kappa shape index (κ3) is 4.17. The number of hydrogen-bond acceptors (Lipinski definition) is 2. The molecule has 0 aromatic heterocycles. The Labute approximate surface area is 111 Å². The lowest BCUT2D eigenvalue weighted by Crippen LogP contribution is -2.11. The van der Waals surface area contributed by atoms with Crippen LogP contribution >= 0.6 is 0 Å². The number of rotatable bonds is 4. The van der Waals surface area contributed by atoms with E-state index in [1.165, 1.54) is 16.7 Å². The van der Waals surface area contributed by atoms with E-state index in [-0.39, 0.29) is 5.41 Å². The number of methoxy groups -OCH3 is 1. The Bertz CT molecular complexity index is 416. The van der Waals surface area contributed by atoms with Crippen LogP contribution in [0.1, 0.15) is 50.3 Å². The van der Waals surface area contributed by atoms with Gasteiger partial charge in [-0.05, 0) is 41.9 Å². The second-order valence-electron chi connectivity index (χ2n) is 5.87. The fraction of sp³-hybridized carbons (Fsp3) is 0.562. The van der Waals surface area contributed by atoms with Crippen LogP contribution in [0.25, 0.3) is 0 Å². The van der Waals surface area contributed by atoms with Gasteiger partial charge >= 0.3 is 0 Å². The summed E-state index contributed by atoms with van der Waals surface area (Å²) in [6.45, 7) is 8.89. The molecule has 0 fully saturated rings. The number of benzene rings is 1. The maximum atomic E-state index is 7.45. The molecule has 0 aliphatic heterocycles. The summed E-state index contributed by atoms with van der Waals surface area (Å²) in [7, 11) is 1.56. The van der Waals surface area contributed by atoms with E-state index in [1.54, 1.807) is 7.11 Å². The first-order valence-corrected chi connectivity index (χ1v) is 6.56. The van der Waals surface area contributed by atoms with E-state index in [9.17, 15) is 0 Å². The fourth-order valence-electron chi connectivity index (χ4n) is 1.98. The molecule has 0 aliphatic carbocycles. The van der Waals surface area contributed by atoms with E-state index >= 15 is 0 Å². The van der Waals surface area contributed by atoms with Crippen LogP contribution in [0.15, 0.2) is 18.2 Å². The first-order valence-electron chi connectivity index (χ1n) is 6.56. The first kappa shape index (κ1) is 14.7. The van der Waals surface area contributed by atoms with E-state index in [4.69, 9.17) is 10.1 Å². The van der Waals surface area contributed by atoms with Gasteiger partial charge in [0.1, 0.15) is 0 Å². The maximum Gasteiger partial charge on any atom is 0.180 e. The van der Waals surface area contributed by atoms with Crippen molar-refractivity contribution < 1.29 is 4.74 Å². The molecule has 1 aromatic carbocycles. The summed E-state index contributed by atoms with van der Waals surface area (Å²) in [5.74, 6) is 0.374. The van der Waals surface area contributed by atoms with Gasteiger partial charge in [0.2, 0.25) is 0 Å². The van der Waals surface area contributed by atoms with Crippen LogP contribution in [0.5, 0.6) is 0 Å². The molecule has 0 saturated carbocycles. The summed E-state index contributed by atoms with van der Waals surface area (Å²) >= 11 is 0. The molecule has 0 bridgehead atoms. The lowest BCUT2D eigenvalue weighted by atomic mass is 9.85. The van der Waals surface area contributed by atoms with Crippen molar-refractivity contribution in [2.45, 2.75) is 52.4 Å². The lowest BCUT2D eigenvalue weighted by Gasteiger charge is -2.20. The van der Waals surface area contributed by atoms with Crippen LogP contribution in [0.3, 0.4) is 0 Å². The highest BCUT2D eigenvalue weighted by molar-refractivity contribution is 5.72. The summed E-state index contributed by atoms with van der Waals surface area (Å²) in [5, 5.41) is 7.45. The van der Waals surface area contributed by atoms with Crippen molar-refractivity contribution in [3.05, 3.63) is 34.9 Å². The minimum atomic E-state index is 0.210. The predicted molar refractivity (Wildman–Crippen MR) is 77.6 cm³/mol. The van der Waals surface area contributed by atoms with Crippen LogP contribution in [0.2, 0.25) is 0 Å².